The summed E-state index contributed by atoms with van der Waals surface area (Å²) in [7, 11) is 1.31. The molecule has 4 nitrogen and oxygen atoms in total. The van der Waals surface area contributed by atoms with E-state index in [2.05, 4.69) is 4.74 Å². The third-order valence-electron chi connectivity index (χ3n) is 1.24. The number of aliphatic carboxylic acids is 1. The minimum Gasteiger partial charge on any atom is -1.00 e. The molecule has 0 rings (SSSR count). The number of hydrogen-bond acceptors (Lipinski definition) is 4. The minimum atomic E-state index is -1.07. The topological polar surface area (TPSA) is 66.4 Å². The van der Waals surface area contributed by atoms with Gasteiger partial charge >= 0.3 is 5.97 Å². The predicted molar refractivity (Wildman–Crippen MR) is 35.5 cm³/mol. The standard InChI is InChI=1S/C7H12O4.ClH/c1-11-7(10)5-3-2-4-6(8)9;/h2-5H2,1H3,(H,8,9);1H/p-2. The fourth-order valence-corrected chi connectivity index (χ4v) is 0.641. The second-order valence-electron chi connectivity index (χ2n) is 2.16. The summed E-state index contributed by atoms with van der Waals surface area (Å²) in [6, 6.07) is 0. The van der Waals surface area contributed by atoms with Gasteiger partial charge in [0.2, 0.25) is 0 Å². The van der Waals surface area contributed by atoms with Crippen molar-refractivity contribution in [3.63, 3.8) is 0 Å². The largest absolute Gasteiger partial charge is 1.00 e. The molecule has 0 aromatic heterocycles. The van der Waals surface area contributed by atoms with Gasteiger partial charge in [0, 0.05) is 12.4 Å². The van der Waals surface area contributed by atoms with Crippen molar-refractivity contribution < 1.29 is 31.8 Å². The molecule has 0 atom stereocenters. The van der Waals surface area contributed by atoms with Gasteiger partial charge in [-0.3, -0.25) is 4.79 Å². The molecule has 0 aromatic rings. The van der Waals surface area contributed by atoms with Crippen LogP contribution in [0.15, 0.2) is 0 Å². The zero-order chi connectivity index (χ0) is 8.69. The first-order chi connectivity index (χ1) is 5.16. The van der Waals surface area contributed by atoms with Crippen LogP contribution in [0.25, 0.3) is 0 Å². The molecule has 0 spiro atoms. The van der Waals surface area contributed by atoms with Crippen molar-refractivity contribution in [3.8, 4) is 0 Å². The number of carbonyl (C=O) groups is 2. The van der Waals surface area contributed by atoms with E-state index in [1.807, 2.05) is 0 Å². The van der Waals surface area contributed by atoms with Gasteiger partial charge in [-0.2, -0.15) is 0 Å². The average molecular weight is 195 g/mol. The van der Waals surface area contributed by atoms with E-state index >= 15 is 0 Å². The fraction of sp³-hybridized carbons (Fsp3) is 0.714. The molecule has 0 fully saturated rings. The highest BCUT2D eigenvalue weighted by atomic mass is 35.5. The van der Waals surface area contributed by atoms with Crippen LogP contribution in [-0.2, 0) is 14.3 Å². The molecule has 0 bridgehead atoms. The van der Waals surface area contributed by atoms with Crippen molar-refractivity contribution in [2.75, 3.05) is 7.11 Å². The highest BCUT2D eigenvalue weighted by Gasteiger charge is 1.98. The van der Waals surface area contributed by atoms with E-state index in [9.17, 15) is 14.7 Å². The number of rotatable bonds is 5. The van der Waals surface area contributed by atoms with Crippen LogP contribution >= 0.6 is 0 Å². The van der Waals surface area contributed by atoms with Crippen molar-refractivity contribution in [1.29, 1.82) is 0 Å². The van der Waals surface area contributed by atoms with Gasteiger partial charge in [0.25, 0.3) is 0 Å². The molecule has 0 aliphatic rings. The number of carboxylic acids is 1. The van der Waals surface area contributed by atoms with Gasteiger partial charge in [-0.15, -0.1) is 0 Å². The highest BCUT2D eigenvalue weighted by molar-refractivity contribution is 5.69. The Morgan fingerprint density at radius 1 is 1.25 bits per heavy atom. The van der Waals surface area contributed by atoms with E-state index in [0.717, 1.165) is 0 Å². The molecule has 0 saturated carbocycles. The van der Waals surface area contributed by atoms with E-state index in [1.54, 1.807) is 0 Å². The van der Waals surface area contributed by atoms with Gasteiger partial charge in [0.1, 0.15) is 0 Å². The van der Waals surface area contributed by atoms with Crippen molar-refractivity contribution in [2.24, 2.45) is 0 Å². The van der Waals surface area contributed by atoms with Gasteiger partial charge in [-0.25, -0.2) is 0 Å². The maximum atomic E-state index is 10.5. The van der Waals surface area contributed by atoms with E-state index in [4.69, 9.17) is 0 Å². The first-order valence-electron chi connectivity index (χ1n) is 3.43. The zero-order valence-electron chi connectivity index (χ0n) is 6.84. The molecule has 0 aromatic carbocycles. The molecule has 72 valence electrons. The van der Waals surface area contributed by atoms with E-state index in [0.29, 0.717) is 12.8 Å². The lowest BCUT2D eigenvalue weighted by atomic mass is 10.2. The number of carbonyl (C=O) groups excluding carboxylic acids is 2. The normalized spacial score (nSPS) is 8.42. The lowest BCUT2D eigenvalue weighted by Gasteiger charge is -2.00. The van der Waals surface area contributed by atoms with E-state index in [-0.39, 0.29) is 31.2 Å². The summed E-state index contributed by atoms with van der Waals surface area (Å²) >= 11 is 0. The second-order valence-corrected chi connectivity index (χ2v) is 2.16. The molecule has 0 N–H and O–H groups in total. The third-order valence-corrected chi connectivity index (χ3v) is 1.24. The Bertz CT molecular complexity index is 146. The molecular formula is C7H11ClO4-2. The summed E-state index contributed by atoms with van der Waals surface area (Å²) < 4.78 is 4.36. The summed E-state index contributed by atoms with van der Waals surface area (Å²) in [5.74, 6) is -1.38. The maximum Gasteiger partial charge on any atom is 0.305 e. The van der Waals surface area contributed by atoms with Gasteiger partial charge in [-0.05, 0) is 19.3 Å². The predicted octanol–water partition coefficient (Wildman–Crippen LogP) is -3.53. The molecule has 0 unspecified atom stereocenters. The number of esters is 1. The van der Waals surface area contributed by atoms with Crippen LogP contribution < -0.4 is 17.5 Å². The third kappa shape index (κ3) is 9.23. The fourth-order valence-electron chi connectivity index (χ4n) is 0.641. The Balaban J connectivity index is 0. The molecule has 0 amide bonds. The number of unbranched alkanes of at least 4 members (excludes halogenated alkanes) is 1. The second kappa shape index (κ2) is 8.33. The lowest BCUT2D eigenvalue weighted by molar-refractivity contribution is -0.305. The highest BCUT2D eigenvalue weighted by Crippen LogP contribution is 1.99. The van der Waals surface area contributed by atoms with Crippen LogP contribution in [0.4, 0.5) is 0 Å². The molecule has 5 heteroatoms. The van der Waals surface area contributed by atoms with Crippen LogP contribution in [0.5, 0.6) is 0 Å². The molecule has 12 heavy (non-hydrogen) atoms. The molecule has 0 aliphatic carbocycles. The van der Waals surface area contributed by atoms with Gasteiger partial charge in [0.05, 0.1) is 7.11 Å². The Morgan fingerprint density at radius 2 is 1.75 bits per heavy atom. The van der Waals surface area contributed by atoms with Crippen LogP contribution in [0.2, 0.25) is 0 Å². The molecule has 0 radical (unpaired) electrons. The number of methoxy groups -OCH3 is 1. The molecule has 0 aliphatic heterocycles. The SMILES string of the molecule is COC(=O)CCCCC(=O)[O-].[Cl-]. The summed E-state index contributed by atoms with van der Waals surface area (Å²) in [4.78, 5) is 20.4. The molecule has 0 saturated heterocycles. The number of carboxylic acid groups (broad SMARTS) is 1. The summed E-state index contributed by atoms with van der Waals surface area (Å²) in [5.41, 5.74) is 0. The average Bonchev–Trinajstić information content (AvgIpc) is 1.97. The molecule has 0 heterocycles. The number of halogens is 1. The Labute approximate surface area is 77.3 Å². The van der Waals surface area contributed by atoms with E-state index in [1.165, 1.54) is 7.11 Å². The Morgan fingerprint density at radius 3 is 2.17 bits per heavy atom. The minimum absolute atomic E-state index is 0. The number of ether oxygens (including phenoxy) is 1. The van der Waals surface area contributed by atoms with Crippen molar-refractivity contribution in [1.82, 2.24) is 0 Å². The van der Waals surface area contributed by atoms with Gasteiger partial charge in [0.15, 0.2) is 0 Å². The lowest BCUT2D eigenvalue weighted by Crippen LogP contribution is -3.00. The van der Waals surface area contributed by atoms with Crippen LogP contribution in [0.3, 0.4) is 0 Å². The van der Waals surface area contributed by atoms with Crippen LogP contribution in [0, 0.1) is 0 Å². The first-order valence-corrected chi connectivity index (χ1v) is 3.43. The van der Waals surface area contributed by atoms with Crippen LogP contribution in [0.1, 0.15) is 25.7 Å². The summed E-state index contributed by atoms with van der Waals surface area (Å²) in [5, 5.41) is 9.89. The molecular weight excluding hydrogens is 184 g/mol. The first kappa shape index (κ1) is 13.8. The summed E-state index contributed by atoms with van der Waals surface area (Å²) in [6.07, 6.45) is 1.30. The monoisotopic (exact) mass is 194 g/mol. The van der Waals surface area contributed by atoms with Crippen molar-refractivity contribution in [3.05, 3.63) is 0 Å². The van der Waals surface area contributed by atoms with Crippen LogP contribution in [-0.4, -0.2) is 19.0 Å². The van der Waals surface area contributed by atoms with E-state index < -0.39 is 5.97 Å². The Hall–Kier alpha value is -0.770. The summed E-state index contributed by atoms with van der Waals surface area (Å²) in [6.45, 7) is 0. The smallest absolute Gasteiger partial charge is 0.305 e. The zero-order valence-corrected chi connectivity index (χ0v) is 7.60. The Kier molecular flexibility index (Phi) is 9.57. The van der Waals surface area contributed by atoms with Crippen molar-refractivity contribution in [2.45, 2.75) is 25.7 Å². The van der Waals surface area contributed by atoms with Gasteiger partial charge in [-0.1, -0.05) is 0 Å². The van der Waals surface area contributed by atoms with Gasteiger partial charge < -0.3 is 27.0 Å². The van der Waals surface area contributed by atoms with Crippen molar-refractivity contribution >= 4 is 11.9 Å². The maximum absolute atomic E-state index is 10.5. The number of hydrogen-bond donors (Lipinski definition) is 0. The quantitative estimate of drug-likeness (QED) is 0.336.